The van der Waals surface area contributed by atoms with Crippen LogP contribution in [-0.2, 0) is 0 Å². The molecule has 0 saturated carbocycles. The van der Waals surface area contributed by atoms with Crippen molar-refractivity contribution in [3.8, 4) is 11.5 Å². The number of carbonyl (C=O) groups is 1. The van der Waals surface area contributed by atoms with E-state index in [1.54, 1.807) is 36.4 Å². The molecule has 0 aromatic heterocycles. The van der Waals surface area contributed by atoms with E-state index in [0.29, 0.717) is 28.5 Å². The fourth-order valence-electron chi connectivity index (χ4n) is 1.87. The van der Waals surface area contributed by atoms with Crippen molar-refractivity contribution < 1.29 is 14.6 Å². The molecule has 23 heavy (non-hydrogen) atoms. The van der Waals surface area contributed by atoms with Gasteiger partial charge >= 0.3 is 0 Å². The molecule has 0 radical (unpaired) electrons. The highest BCUT2D eigenvalue weighted by molar-refractivity contribution is 6.31. The quantitative estimate of drug-likeness (QED) is 0.650. The van der Waals surface area contributed by atoms with Crippen LogP contribution in [0.1, 0.15) is 28.4 Å². The van der Waals surface area contributed by atoms with Gasteiger partial charge in [-0.1, -0.05) is 23.7 Å². The second kappa shape index (κ2) is 7.65. The molecule has 0 bridgehead atoms. The van der Waals surface area contributed by atoms with Gasteiger partial charge in [-0.15, -0.1) is 0 Å². The molecule has 0 spiro atoms. The summed E-state index contributed by atoms with van der Waals surface area (Å²) in [4.78, 5) is 12.0. The van der Waals surface area contributed by atoms with Crippen LogP contribution in [0.4, 0.5) is 0 Å². The highest BCUT2D eigenvalue weighted by Gasteiger charge is 2.08. The van der Waals surface area contributed by atoms with Crippen LogP contribution in [0.25, 0.3) is 0 Å². The van der Waals surface area contributed by atoms with Crippen LogP contribution in [0.3, 0.4) is 0 Å². The highest BCUT2D eigenvalue weighted by Crippen LogP contribution is 2.28. The molecule has 0 aliphatic rings. The number of hydrogen-bond donors (Lipinski definition) is 2. The van der Waals surface area contributed by atoms with Crippen LogP contribution < -0.4 is 10.2 Å². The Morgan fingerprint density at radius 1 is 1.39 bits per heavy atom. The van der Waals surface area contributed by atoms with Crippen LogP contribution in [0.2, 0.25) is 5.02 Å². The van der Waals surface area contributed by atoms with Gasteiger partial charge in [0.2, 0.25) is 0 Å². The minimum absolute atomic E-state index is 0.0225. The summed E-state index contributed by atoms with van der Waals surface area (Å²) in [5.41, 5.74) is 4.14. The number of rotatable bonds is 5. The Kier molecular flexibility index (Phi) is 5.60. The number of carbonyl (C=O) groups excluding carboxylic acids is 1. The summed E-state index contributed by atoms with van der Waals surface area (Å²) >= 11 is 5.99. The minimum atomic E-state index is -0.386. The molecule has 0 aliphatic heterocycles. The fourth-order valence-corrected chi connectivity index (χ4v) is 2.06. The van der Waals surface area contributed by atoms with E-state index in [4.69, 9.17) is 16.3 Å². The molecule has 0 unspecified atom stereocenters. The Balaban J connectivity index is 2.08. The van der Waals surface area contributed by atoms with E-state index in [-0.39, 0.29) is 11.7 Å². The molecular weight excluding hydrogens is 316 g/mol. The Bertz CT molecular complexity index is 745. The number of nitrogens with one attached hydrogen (secondary N) is 1. The first-order chi connectivity index (χ1) is 11.0. The zero-order valence-electron chi connectivity index (χ0n) is 12.8. The van der Waals surface area contributed by atoms with Crippen molar-refractivity contribution in [2.45, 2.75) is 13.8 Å². The summed E-state index contributed by atoms with van der Waals surface area (Å²) in [6.45, 7) is 4.13. The van der Waals surface area contributed by atoms with Crippen molar-refractivity contribution in [2.24, 2.45) is 5.10 Å². The molecule has 2 rings (SSSR count). The average molecular weight is 333 g/mol. The Morgan fingerprint density at radius 3 is 2.87 bits per heavy atom. The first-order valence-corrected chi connectivity index (χ1v) is 7.45. The number of aryl methyl sites for hydroxylation is 1. The van der Waals surface area contributed by atoms with Gasteiger partial charge in [0, 0.05) is 16.1 Å². The zero-order chi connectivity index (χ0) is 16.8. The lowest BCUT2D eigenvalue weighted by Gasteiger charge is -2.07. The number of nitrogens with zero attached hydrogens (tertiary/aromatic N) is 1. The highest BCUT2D eigenvalue weighted by atomic mass is 35.5. The molecule has 1 amide bonds. The number of phenolic OH excluding ortho intramolecular Hbond substituents is 1. The van der Waals surface area contributed by atoms with Gasteiger partial charge in [-0.3, -0.25) is 4.79 Å². The van der Waals surface area contributed by atoms with E-state index in [2.05, 4.69) is 10.5 Å². The molecule has 2 aromatic carbocycles. The van der Waals surface area contributed by atoms with E-state index in [1.165, 1.54) is 6.21 Å². The summed E-state index contributed by atoms with van der Waals surface area (Å²) in [7, 11) is 0. The van der Waals surface area contributed by atoms with Crippen LogP contribution in [0, 0.1) is 6.92 Å². The maximum Gasteiger partial charge on any atom is 0.271 e. The van der Waals surface area contributed by atoms with Crippen molar-refractivity contribution in [3.63, 3.8) is 0 Å². The zero-order valence-corrected chi connectivity index (χ0v) is 13.6. The maximum absolute atomic E-state index is 12.0. The van der Waals surface area contributed by atoms with Crippen LogP contribution in [-0.4, -0.2) is 23.8 Å². The maximum atomic E-state index is 12.0. The van der Waals surface area contributed by atoms with Crippen LogP contribution in [0.15, 0.2) is 41.5 Å². The topological polar surface area (TPSA) is 70.9 Å². The third kappa shape index (κ3) is 4.23. The summed E-state index contributed by atoms with van der Waals surface area (Å²) < 4.78 is 5.28. The normalized spacial score (nSPS) is 10.7. The van der Waals surface area contributed by atoms with E-state index in [9.17, 15) is 9.90 Å². The molecule has 0 fully saturated rings. The number of halogens is 1. The van der Waals surface area contributed by atoms with Crippen molar-refractivity contribution in [3.05, 3.63) is 58.1 Å². The molecule has 0 atom stereocenters. The Morgan fingerprint density at radius 2 is 2.17 bits per heavy atom. The summed E-state index contributed by atoms with van der Waals surface area (Å²) in [6.07, 6.45) is 1.35. The van der Waals surface area contributed by atoms with Crippen molar-refractivity contribution in [2.75, 3.05) is 6.61 Å². The largest absolute Gasteiger partial charge is 0.504 e. The molecule has 2 N–H and O–H groups in total. The summed E-state index contributed by atoms with van der Waals surface area (Å²) in [5, 5.41) is 14.4. The molecular formula is C17H17ClN2O3. The minimum Gasteiger partial charge on any atom is -0.504 e. The van der Waals surface area contributed by atoms with Gasteiger partial charge in [0.25, 0.3) is 5.91 Å². The molecule has 0 heterocycles. The molecule has 120 valence electrons. The lowest BCUT2D eigenvalue weighted by molar-refractivity contribution is 0.0955. The second-order valence-corrected chi connectivity index (χ2v) is 5.20. The number of amides is 1. The van der Waals surface area contributed by atoms with E-state index in [0.717, 1.165) is 5.56 Å². The third-order valence-electron chi connectivity index (χ3n) is 3.13. The lowest BCUT2D eigenvalue weighted by atomic mass is 10.1. The molecule has 2 aromatic rings. The predicted molar refractivity (Wildman–Crippen MR) is 90.5 cm³/mol. The summed E-state index contributed by atoms with van der Waals surface area (Å²) in [6, 6.07) is 10.1. The van der Waals surface area contributed by atoms with Gasteiger partial charge in [0.1, 0.15) is 0 Å². The number of phenols is 1. The predicted octanol–water partition coefficient (Wildman–Crippen LogP) is 3.52. The molecule has 5 nitrogen and oxygen atoms in total. The van der Waals surface area contributed by atoms with Gasteiger partial charge in [0.15, 0.2) is 11.5 Å². The third-order valence-corrected chi connectivity index (χ3v) is 3.54. The fraction of sp³-hybridized carbons (Fsp3) is 0.176. The monoisotopic (exact) mass is 332 g/mol. The first-order valence-electron chi connectivity index (χ1n) is 7.07. The van der Waals surface area contributed by atoms with E-state index in [1.807, 2.05) is 13.8 Å². The number of para-hydroxylation sites is 1. The Hall–Kier alpha value is -2.53. The van der Waals surface area contributed by atoms with Crippen molar-refractivity contribution >= 4 is 23.7 Å². The van der Waals surface area contributed by atoms with E-state index >= 15 is 0 Å². The number of hydrazone groups is 1. The molecule has 0 aliphatic carbocycles. The Labute approximate surface area is 139 Å². The molecule has 6 heteroatoms. The average Bonchev–Trinajstić information content (AvgIpc) is 2.53. The van der Waals surface area contributed by atoms with Crippen molar-refractivity contribution in [1.29, 1.82) is 0 Å². The van der Waals surface area contributed by atoms with Crippen LogP contribution >= 0.6 is 11.6 Å². The van der Waals surface area contributed by atoms with Crippen molar-refractivity contribution in [1.82, 2.24) is 5.43 Å². The lowest BCUT2D eigenvalue weighted by Crippen LogP contribution is -2.17. The SMILES string of the molecule is CCOc1cccc(/C=N/NC(=O)c2ccc(C)c(Cl)c2)c1O. The number of hydrogen-bond acceptors (Lipinski definition) is 4. The van der Waals surface area contributed by atoms with E-state index < -0.39 is 0 Å². The number of aromatic hydroxyl groups is 1. The smallest absolute Gasteiger partial charge is 0.271 e. The standard InChI is InChI=1S/C17H17ClN2O3/c1-3-23-15-6-4-5-13(16(15)21)10-19-20-17(22)12-8-7-11(2)14(18)9-12/h4-10,21H,3H2,1-2H3,(H,20,22)/b19-10+. The molecule has 0 saturated heterocycles. The van der Waals surface area contributed by atoms with Gasteiger partial charge in [-0.25, -0.2) is 5.43 Å². The first kappa shape index (κ1) is 16.8. The van der Waals surface area contributed by atoms with Gasteiger partial charge < -0.3 is 9.84 Å². The van der Waals surface area contributed by atoms with Gasteiger partial charge in [-0.05, 0) is 43.7 Å². The van der Waals surface area contributed by atoms with Crippen LogP contribution in [0.5, 0.6) is 11.5 Å². The summed E-state index contributed by atoms with van der Waals surface area (Å²) in [5.74, 6) is -0.0394. The number of ether oxygens (including phenoxy) is 1. The van der Waals surface area contributed by atoms with Gasteiger partial charge in [0.05, 0.1) is 12.8 Å². The number of benzene rings is 2. The van der Waals surface area contributed by atoms with Gasteiger partial charge in [-0.2, -0.15) is 5.10 Å². The second-order valence-electron chi connectivity index (χ2n) is 4.79.